The summed E-state index contributed by atoms with van der Waals surface area (Å²) in [5.74, 6) is 0.393. The molecule has 6 heteroatoms. The van der Waals surface area contributed by atoms with Crippen molar-refractivity contribution in [2.75, 3.05) is 0 Å². The van der Waals surface area contributed by atoms with Gasteiger partial charge >= 0.3 is 0 Å². The lowest BCUT2D eigenvalue weighted by Crippen LogP contribution is -2.30. The standard InChI is InChI=1S/C30H30FN3O2/c31-22-15-13-21(14-16-22)28-29(34(19-32-28)23-9-2-1-3-10-23)26-17-18-27(36-26)30(35)33-25-12-6-8-20-7-4-5-11-24(20)25/h4-5,7,11,13-19,23,25H,1-3,6,8-10,12H2,(H,33,35)/t25-/m1/s1. The summed E-state index contributed by atoms with van der Waals surface area (Å²) in [6.45, 7) is 0. The van der Waals surface area contributed by atoms with Crippen molar-refractivity contribution in [3.8, 4) is 22.7 Å². The maximum Gasteiger partial charge on any atom is 0.287 e. The number of nitrogens with zero attached hydrogens (tertiary/aromatic N) is 2. The molecule has 0 aliphatic heterocycles. The normalized spacial score (nSPS) is 18.1. The van der Waals surface area contributed by atoms with E-state index in [1.807, 2.05) is 18.5 Å². The van der Waals surface area contributed by atoms with Crippen LogP contribution in [0.1, 0.15) is 78.7 Å². The zero-order chi connectivity index (χ0) is 24.5. The van der Waals surface area contributed by atoms with Gasteiger partial charge in [0.15, 0.2) is 11.5 Å². The predicted octanol–water partition coefficient (Wildman–Crippen LogP) is 7.26. The van der Waals surface area contributed by atoms with Gasteiger partial charge in [0.05, 0.1) is 18.1 Å². The molecule has 2 aliphatic carbocycles. The van der Waals surface area contributed by atoms with Gasteiger partial charge in [-0.15, -0.1) is 0 Å². The van der Waals surface area contributed by atoms with Crippen LogP contribution in [0.3, 0.4) is 0 Å². The van der Waals surface area contributed by atoms with E-state index in [1.54, 1.807) is 18.2 Å². The lowest BCUT2D eigenvalue weighted by atomic mass is 9.88. The summed E-state index contributed by atoms with van der Waals surface area (Å²) in [6, 6.07) is 18.6. The number of nitrogens with one attached hydrogen (secondary N) is 1. The van der Waals surface area contributed by atoms with Crippen LogP contribution >= 0.6 is 0 Å². The third-order valence-electron chi connectivity index (χ3n) is 7.62. The Balaban J connectivity index is 1.32. The number of carbonyl (C=O) groups is 1. The molecule has 1 fully saturated rings. The molecule has 6 rings (SSSR count). The molecule has 2 heterocycles. The van der Waals surface area contributed by atoms with Crippen LogP contribution in [0.5, 0.6) is 0 Å². The van der Waals surface area contributed by atoms with Crippen LogP contribution in [0.25, 0.3) is 22.7 Å². The van der Waals surface area contributed by atoms with Crippen LogP contribution in [0.2, 0.25) is 0 Å². The van der Waals surface area contributed by atoms with E-state index in [9.17, 15) is 9.18 Å². The van der Waals surface area contributed by atoms with Crippen molar-refractivity contribution in [3.05, 3.63) is 89.7 Å². The summed E-state index contributed by atoms with van der Waals surface area (Å²) in [6.07, 6.45) is 10.7. The average Bonchev–Trinajstić information content (AvgIpc) is 3.58. The molecule has 0 unspecified atom stereocenters. The molecule has 1 saturated carbocycles. The van der Waals surface area contributed by atoms with Gasteiger partial charge in [-0.1, -0.05) is 43.5 Å². The molecule has 0 bridgehead atoms. The highest BCUT2D eigenvalue weighted by Crippen LogP contribution is 2.38. The fourth-order valence-electron chi connectivity index (χ4n) is 5.78. The van der Waals surface area contributed by atoms with Gasteiger partial charge in [-0.05, 0) is 79.6 Å². The Hall–Kier alpha value is -3.67. The first-order valence-electron chi connectivity index (χ1n) is 13.0. The second-order valence-electron chi connectivity index (χ2n) is 9.93. The van der Waals surface area contributed by atoms with Crippen molar-refractivity contribution in [1.82, 2.24) is 14.9 Å². The van der Waals surface area contributed by atoms with E-state index in [4.69, 9.17) is 9.40 Å². The molecule has 0 radical (unpaired) electrons. The molecule has 184 valence electrons. The SMILES string of the molecule is O=C(N[C@@H]1CCCc2ccccc21)c1ccc(-c2c(-c3ccc(F)cc3)ncn2C2CCCCC2)o1. The number of hydrogen-bond donors (Lipinski definition) is 1. The number of aryl methyl sites for hydroxylation is 1. The molecule has 5 nitrogen and oxygen atoms in total. The number of carbonyl (C=O) groups excluding carboxylic acids is 1. The first-order valence-corrected chi connectivity index (χ1v) is 13.0. The van der Waals surface area contributed by atoms with E-state index in [-0.39, 0.29) is 23.5 Å². The van der Waals surface area contributed by atoms with Crippen molar-refractivity contribution in [2.45, 2.75) is 63.5 Å². The number of halogens is 1. The molecule has 0 saturated heterocycles. The van der Waals surface area contributed by atoms with Gasteiger partial charge in [-0.2, -0.15) is 0 Å². The molecular weight excluding hydrogens is 453 g/mol. The predicted molar refractivity (Wildman–Crippen MR) is 137 cm³/mol. The van der Waals surface area contributed by atoms with Crippen LogP contribution in [-0.4, -0.2) is 15.5 Å². The maximum absolute atomic E-state index is 13.6. The van der Waals surface area contributed by atoms with E-state index in [1.165, 1.54) is 42.5 Å². The van der Waals surface area contributed by atoms with Crippen molar-refractivity contribution >= 4 is 5.91 Å². The van der Waals surface area contributed by atoms with E-state index in [2.05, 4.69) is 28.1 Å². The zero-order valence-electron chi connectivity index (χ0n) is 20.3. The van der Waals surface area contributed by atoms with Gasteiger partial charge in [0.2, 0.25) is 0 Å². The van der Waals surface area contributed by atoms with Crippen LogP contribution in [0, 0.1) is 5.82 Å². The van der Waals surface area contributed by atoms with Crippen LogP contribution < -0.4 is 5.32 Å². The third kappa shape index (κ3) is 4.36. The first kappa shape index (κ1) is 22.8. The van der Waals surface area contributed by atoms with Gasteiger partial charge in [0, 0.05) is 11.6 Å². The van der Waals surface area contributed by atoms with Crippen molar-refractivity contribution in [1.29, 1.82) is 0 Å². The van der Waals surface area contributed by atoms with Gasteiger partial charge in [0.25, 0.3) is 5.91 Å². The number of furan rings is 1. The van der Waals surface area contributed by atoms with Crippen LogP contribution in [-0.2, 0) is 6.42 Å². The Bertz CT molecular complexity index is 1370. The summed E-state index contributed by atoms with van der Waals surface area (Å²) < 4.78 is 22.0. The molecule has 2 aromatic heterocycles. The minimum absolute atomic E-state index is 0.0152. The van der Waals surface area contributed by atoms with Crippen LogP contribution in [0.4, 0.5) is 4.39 Å². The van der Waals surface area contributed by atoms with Crippen molar-refractivity contribution in [2.24, 2.45) is 0 Å². The molecule has 1 N–H and O–H groups in total. The van der Waals surface area contributed by atoms with Gasteiger partial charge in [0.1, 0.15) is 11.5 Å². The highest BCUT2D eigenvalue weighted by Gasteiger charge is 2.27. The number of hydrogen-bond acceptors (Lipinski definition) is 3. The first-order chi connectivity index (χ1) is 17.7. The second kappa shape index (κ2) is 9.76. The number of amides is 1. The molecule has 1 atom stereocenters. The highest BCUT2D eigenvalue weighted by molar-refractivity contribution is 5.92. The summed E-state index contributed by atoms with van der Waals surface area (Å²) >= 11 is 0. The smallest absolute Gasteiger partial charge is 0.287 e. The van der Waals surface area contributed by atoms with Gasteiger partial charge in [-0.3, -0.25) is 4.79 Å². The molecule has 1 amide bonds. The quantitative estimate of drug-likeness (QED) is 0.325. The topological polar surface area (TPSA) is 60.1 Å². The van der Waals surface area contributed by atoms with Crippen molar-refractivity contribution in [3.63, 3.8) is 0 Å². The Morgan fingerprint density at radius 1 is 0.944 bits per heavy atom. The molecule has 2 aromatic carbocycles. The van der Waals surface area contributed by atoms with Gasteiger partial charge < -0.3 is 14.3 Å². The molecule has 2 aliphatic rings. The van der Waals surface area contributed by atoms with E-state index < -0.39 is 0 Å². The number of fused-ring (bicyclic) bond motifs is 1. The summed E-state index contributed by atoms with van der Waals surface area (Å²) in [5, 5.41) is 3.18. The second-order valence-corrected chi connectivity index (χ2v) is 9.93. The molecule has 36 heavy (non-hydrogen) atoms. The Morgan fingerprint density at radius 3 is 2.58 bits per heavy atom. The van der Waals surface area contributed by atoms with Crippen molar-refractivity contribution < 1.29 is 13.6 Å². The number of benzene rings is 2. The van der Waals surface area contributed by atoms with Gasteiger partial charge in [-0.25, -0.2) is 9.37 Å². The summed E-state index contributed by atoms with van der Waals surface area (Å²) in [5.41, 5.74) is 4.90. The monoisotopic (exact) mass is 483 g/mol. The largest absolute Gasteiger partial charge is 0.449 e. The minimum atomic E-state index is -0.284. The van der Waals surface area contributed by atoms with Crippen LogP contribution in [0.15, 0.2) is 71.4 Å². The zero-order valence-corrected chi connectivity index (χ0v) is 20.3. The summed E-state index contributed by atoms with van der Waals surface area (Å²) in [7, 11) is 0. The fourth-order valence-corrected chi connectivity index (χ4v) is 5.78. The Labute approximate surface area is 210 Å². The van der Waals surface area contributed by atoms with E-state index in [0.29, 0.717) is 11.8 Å². The third-order valence-corrected chi connectivity index (χ3v) is 7.62. The molecule has 4 aromatic rings. The lowest BCUT2D eigenvalue weighted by molar-refractivity contribution is 0.0905. The molecular formula is C30H30FN3O2. The number of aromatic nitrogens is 2. The average molecular weight is 484 g/mol. The Morgan fingerprint density at radius 2 is 1.75 bits per heavy atom. The fraction of sp³-hybridized carbons (Fsp3) is 0.333. The van der Waals surface area contributed by atoms with E-state index >= 15 is 0 Å². The van der Waals surface area contributed by atoms with E-state index in [0.717, 1.165) is 49.1 Å². The number of rotatable bonds is 5. The summed E-state index contributed by atoms with van der Waals surface area (Å²) in [4.78, 5) is 17.9. The molecule has 0 spiro atoms. The minimum Gasteiger partial charge on any atom is -0.449 e. The Kier molecular flexibility index (Phi) is 6.18. The highest BCUT2D eigenvalue weighted by atomic mass is 19.1. The maximum atomic E-state index is 13.6. The lowest BCUT2D eigenvalue weighted by Gasteiger charge is -2.26. The number of imidazole rings is 1.